The Labute approximate surface area is 140 Å². The van der Waals surface area contributed by atoms with E-state index in [9.17, 15) is 29.7 Å². The second-order valence-corrected chi connectivity index (χ2v) is 5.51. The van der Waals surface area contributed by atoms with Gasteiger partial charge in [0, 0.05) is 21.3 Å². The molecule has 0 aromatic heterocycles. The summed E-state index contributed by atoms with van der Waals surface area (Å²) in [6, 6.07) is 0. The molecule has 9 heteroatoms. The van der Waals surface area contributed by atoms with E-state index in [0.29, 0.717) is 0 Å². The van der Waals surface area contributed by atoms with Crippen LogP contribution in [0.5, 0.6) is 0 Å². The summed E-state index contributed by atoms with van der Waals surface area (Å²) >= 11 is 0. The molecule has 2 unspecified atom stereocenters. The van der Waals surface area contributed by atoms with Crippen LogP contribution in [0.1, 0.15) is 20.8 Å². The standard InChI is InChI=1S/C15H26O9/c1-7(16)10(19)11(22-4)12(23-5)14(24-6)15(21,9(3)18)13(20)8(2)17/h10-14,19-21H,1-6H3/t10?,11-,12-,13?,14+,15-/m1/s1. The van der Waals surface area contributed by atoms with Gasteiger partial charge in [0.05, 0.1) is 0 Å². The van der Waals surface area contributed by atoms with E-state index in [1.807, 2.05) is 0 Å². The van der Waals surface area contributed by atoms with Crippen molar-refractivity contribution in [2.24, 2.45) is 0 Å². The fraction of sp³-hybridized carbons (Fsp3) is 0.800. The van der Waals surface area contributed by atoms with Gasteiger partial charge in [-0.25, -0.2) is 0 Å². The molecule has 0 fully saturated rings. The largest absolute Gasteiger partial charge is 0.382 e. The Hall–Kier alpha value is -1.23. The smallest absolute Gasteiger partial charge is 0.184 e. The Morgan fingerprint density at radius 1 is 0.833 bits per heavy atom. The van der Waals surface area contributed by atoms with Gasteiger partial charge in [0.2, 0.25) is 0 Å². The van der Waals surface area contributed by atoms with Crippen LogP contribution >= 0.6 is 0 Å². The van der Waals surface area contributed by atoms with Crippen LogP contribution in [0.4, 0.5) is 0 Å². The number of aliphatic hydroxyl groups excluding tert-OH is 2. The lowest BCUT2D eigenvalue weighted by atomic mass is 9.79. The van der Waals surface area contributed by atoms with Crippen molar-refractivity contribution in [2.45, 2.75) is 56.9 Å². The van der Waals surface area contributed by atoms with Crippen molar-refractivity contribution in [1.82, 2.24) is 0 Å². The number of ketones is 3. The zero-order valence-electron chi connectivity index (χ0n) is 14.7. The number of hydrogen-bond donors (Lipinski definition) is 3. The lowest BCUT2D eigenvalue weighted by Crippen LogP contribution is -2.67. The second-order valence-electron chi connectivity index (χ2n) is 5.51. The molecule has 0 aromatic rings. The van der Waals surface area contributed by atoms with Gasteiger partial charge in [-0.1, -0.05) is 0 Å². The molecule has 0 aromatic carbocycles. The van der Waals surface area contributed by atoms with Crippen molar-refractivity contribution in [2.75, 3.05) is 21.3 Å². The third kappa shape index (κ3) is 4.44. The quantitative estimate of drug-likeness (QED) is 0.396. The van der Waals surface area contributed by atoms with Crippen molar-refractivity contribution in [3.8, 4) is 0 Å². The van der Waals surface area contributed by atoms with Gasteiger partial charge in [-0.15, -0.1) is 0 Å². The van der Waals surface area contributed by atoms with Gasteiger partial charge in [-0.3, -0.25) is 14.4 Å². The van der Waals surface area contributed by atoms with Gasteiger partial charge < -0.3 is 29.5 Å². The Morgan fingerprint density at radius 3 is 1.54 bits per heavy atom. The molecule has 0 aliphatic rings. The van der Waals surface area contributed by atoms with Crippen molar-refractivity contribution < 1.29 is 43.9 Å². The van der Waals surface area contributed by atoms with Crippen LogP contribution in [0, 0.1) is 0 Å². The zero-order chi connectivity index (χ0) is 19.2. The Bertz CT molecular complexity index is 464. The first-order valence-corrected chi connectivity index (χ1v) is 7.19. The SMILES string of the molecule is CO[C@H]([C@H](OC)C(O)C(C)=O)[C@H](OC)[C@@](O)(C(C)=O)C(O)C(C)=O. The number of rotatable bonds is 11. The summed E-state index contributed by atoms with van der Waals surface area (Å²) in [5.74, 6) is -2.46. The van der Waals surface area contributed by atoms with E-state index in [1.165, 1.54) is 14.2 Å². The van der Waals surface area contributed by atoms with Gasteiger partial charge in [0.15, 0.2) is 29.1 Å². The molecule has 0 aliphatic carbocycles. The molecule has 0 spiro atoms. The number of hydrogen-bond acceptors (Lipinski definition) is 9. The highest BCUT2D eigenvalue weighted by Crippen LogP contribution is 2.28. The van der Waals surface area contributed by atoms with E-state index in [2.05, 4.69) is 0 Å². The van der Waals surface area contributed by atoms with Crippen molar-refractivity contribution >= 4 is 17.3 Å². The normalized spacial score (nSPS) is 20.4. The van der Waals surface area contributed by atoms with Gasteiger partial charge in [-0.2, -0.15) is 0 Å². The molecule has 6 atom stereocenters. The lowest BCUT2D eigenvalue weighted by Gasteiger charge is -2.42. The maximum Gasteiger partial charge on any atom is 0.184 e. The van der Waals surface area contributed by atoms with Crippen LogP contribution in [0.3, 0.4) is 0 Å². The van der Waals surface area contributed by atoms with E-state index in [4.69, 9.17) is 14.2 Å². The maximum atomic E-state index is 12.0. The van der Waals surface area contributed by atoms with E-state index in [-0.39, 0.29) is 0 Å². The molecule has 0 saturated carbocycles. The molecule has 9 nitrogen and oxygen atoms in total. The first-order chi connectivity index (χ1) is 11.0. The topological polar surface area (TPSA) is 140 Å². The number of carbonyl (C=O) groups excluding carboxylic acids is 3. The molecular formula is C15H26O9. The number of ether oxygens (including phenoxy) is 3. The molecule has 24 heavy (non-hydrogen) atoms. The average Bonchev–Trinajstić information content (AvgIpc) is 2.52. The minimum Gasteiger partial charge on any atom is -0.382 e. The average molecular weight is 350 g/mol. The first-order valence-electron chi connectivity index (χ1n) is 7.19. The third-order valence-corrected chi connectivity index (χ3v) is 3.95. The summed E-state index contributed by atoms with van der Waals surface area (Å²) in [7, 11) is 3.48. The van der Waals surface area contributed by atoms with E-state index in [0.717, 1.165) is 27.9 Å². The molecule has 0 rings (SSSR count). The van der Waals surface area contributed by atoms with Crippen LogP contribution in [-0.2, 0) is 28.6 Å². The van der Waals surface area contributed by atoms with Gasteiger partial charge in [0.25, 0.3) is 0 Å². The van der Waals surface area contributed by atoms with Crippen LogP contribution < -0.4 is 0 Å². The molecule has 140 valence electrons. The molecule has 0 heterocycles. The van der Waals surface area contributed by atoms with Crippen LogP contribution in [-0.4, -0.2) is 90.1 Å². The van der Waals surface area contributed by atoms with Crippen LogP contribution in [0.15, 0.2) is 0 Å². The monoisotopic (exact) mass is 350 g/mol. The van der Waals surface area contributed by atoms with E-state index < -0.39 is 53.5 Å². The Morgan fingerprint density at radius 2 is 1.29 bits per heavy atom. The van der Waals surface area contributed by atoms with E-state index in [1.54, 1.807) is 0 Å². The summed E-state index contributed by atoms with van der Waals surface area (Å²) in [5, 5.41) is 30.7. The lowest BCUT2D eigenvalue weighted by molar-refractivity contribution is -0.216. The van der Waals surface area contributed by atoms with E-state index >= 15 is 0 Å². The molecule has 0 aliphatic heterocycles. The van der Waals surface area contributed by atoms with Crippen molar-refractivity contribution in [3.05, 3.63) is 0 Å². The predicted octanol–water partition coefficient (Wildman–Crippen LogP) is -1.75. The molecule has 0 saturated heterocycles. The molecule has 0 amide bonds. The van der Waals surface area contributed by atoms with Gasteiger partial charge in [-0.05, 0) is 20.8 Å². The number of aliphatic hydroxyl groups is 3. The molecule has 3 N–H and O–H groups in total. The first kappa shape index (κ1) is 22.8. The molecule has 0 bridgehead atoms. The van der Waals surface area contributed by atoms with Crippen LogP contribution in [0.2, 0.25) is 0 Å². The number of carbonyl (C=O) groups is 3. The third-order valence-electron chi connectivity index (χ3n) is 3.95. The summed E-state index contributed by atoms with van der Waals surface area (Å²) < 4.78 is 15.3. The zero-order valence-corrected chi connectivity index (χ0v) is 14.7. The number of methoxy groups -OCH3 is 3. The summed E-state index contributed by atoms with van der Waals surface area (Å²) in [6.07, 6.45) is -7.99. The minimum atomic E-state index is -2.66. The van der Waals surface area contributed by atoms with Gasteiger partial charge >= 0.3 is 0 Å². The minimum absolute atomic E-state index is 0.641. The fourth-order valence-corrected chi connectivity index (χ4v) is 2.53. The predicted molar refractivity (Wildman–Crippen MR) is 81.4 cm³/mol. The highest BCUT2D eigenvalue weighted by atomic mass is 16.6. The fourth-order valence-electron chi connectivity index (χ4n) is 2.53. The summed E-state index contributed by atoms with van der Waals surface area (Å²) in [6.45, 7) is 3.08. The maximum absolute atomic E-state index is 12.0. The van der Waals surface area contributed by atoms with Crippen molar-refractivity contribution in [3.63, 3.8) is 0 Å². The highest BCUT2D eigenvalue weighted by Gasteiger charge is 2.55. The Kier molecular flexibility index (Phi) is 8.83. The van der Waals surface area contributed by atoms with Gasteiger partial charge in [0.1, 0.15) is 24.4 Å². The highest BCUT2D eigenvalue weighted by molar-refractivity contribution is 5.94. The Balaban J connectivity index is 6.08. The van der Waals surface area contributed by atoms with Crippen molar-refractivity contribution in [1.29, 1.82) is 0 Å². The number of Topliss-reactive ketones (excluding diaryl/α,β-unsaturated/α-hetero) is 3. The molecular weight excluding hydrogens is 324 g/mol. The summed E-state index contributed by atoms with van der Waals surface area (Å²) in [4.78, 5) is 34.9. The second kappa shape index (κ2) is 9.30. The summed E-state index contributed by atoms with van der Waals surface area (Å²) in [5.41, 5.74) is -2.66. The van der Waals surface area contributed by atoms with Crippen LogP contribution in [0.25, 0.3) is 0 Å². The molecule has 0 radical (unpaired) electrons.